The fraction of sp³-hybridized carbons (Fsp3) is 0.600. The first-order valence-corrected chi connectivity index (χ1v) is 3.33. The zero-order valence-corrected chi connectivity index (χ0v) is 6.10. The summed E-state index contributed by atoms with van der Waals surface area (Å²) < 4.78 is 0. The van der Waals surface area contributed by atoms with Crippen LogP contribution >= 0.6 is 12.6 Å². The number of nitrogens with zero attached hydrogens (tertiary/aromatic N) is 3. The van der Waals surface area contributed by atoms with Crippen LogP contribution in [0, 0.1) is 0 Å². The van der Waals surface area contributed by atoms with Crippen molar-refractivity contribution in [3.8, 4) is 0 Å². The number of hydrogen-bond acceptors (Lipinski definition) is 2. The van der Waals surface area contributed by atoms with Gasteiger partial charge in [-0.3, -0.25) is 0 Å². The van der Waals surface area contributed by atoms with Gasteiger partial charge in [0, 0.05) is 6.42 Å². The molecule has 0 bridgehead atoms. The van der Waals surface area contributed by atoms with E-state index in [0.29, 0.717) is 5.17 Å². The molecule has 0 atom stereocenters. The molecule has 1 heterocycles. The molecule has 4 heteroatoms. The molecule has 0 aliphatic carbocycles. The Bertz CT molecular complexity index is 162. The molecule has 0 saturated heterocycles. The Morgan fingerprint density at radius 1 is 1.44 bits per heavy atom. The van der Waals surface area contributed by atoms with Crippen LogP contribution in [0.15, 0.2) is 10.2 Å². The molecule has 0 aromatic rings. The van der Waals surface area contributed by atoms with Gasteiger partial charge in [-0.1, -0.05) is 6.92 Å². The number of thiol groups is 1. The summed E-state index contributed by atoms with van der Waals surface area (Å²) in [6.07, 6.45) is 1.95. The second kappa shape index (κ2) is 2.87. The number of rotatable bonds is 2. The van der Waals surface area contributed by atoms with Crippen LogP contribution in [0.2, 0.25) is 0 Å². The van der Waals surface area contributed by atoms with Crippen molar-refractivity contribution in [1.29, 1.82) is 0 Å². The predicted octanol–water partition coefficient (Wildman–Crippen LogP) is 1.00. The van der Waals surface area contributed by atoms with E-state index in [0.717, 1.165) is 18.7 Å². The zero-order chi connectivity index (χ0) is 6.69. The van der Waals surface area contributed by atoms with E-state index >= 15 is 0 Å². The molecular formula is C5H8N3S. The normalized spacial score (nSPS) is 16.7. The summed E-state index contributed by atoms with van der Waals surface area (Å²) in [7, 11) is 0. The van der Waals surface area contributed by atoms with Crippen LogP contribution in [0.25, 0.3) is 0 Å². The molecule has 0 aromatic carbocycles. The molecule has 1 aliphatic heterocycles. The van der Waals surface area contributed by atoms with Gasteiger partial charge in [-0.05, 0) is 6.42 Å². The first kappa shape index (κ1) is 6.61. The van der Waals surface area contributed by atoms with Crippen molar-refractivity contribution in [3.63, 3.8) is 0 Å². The molecule has 49 valence electrons. The Labute approximate surface area is 59.7 Å². The second-order valence-electron chi connectivity index (χ2n) is 1.78. The van der Waals surface area contributed by atoms with Crippen molar-refractivity contribution in [2.45, 2.75) is 19.8 Å². The van der Waals surface area contributed by atoms with E-state index < -0.39 is 0 Å². The lowest BCUT2D eigenvalue weighted by Crippen LogP contribution is -2.13. The second-order valence-corrected chi connectivity index (χ2v) is 2.18. The van der Waals surface area contributed by atoms with Crippen LogP contribution in [0.5, 0.6) is 0 Å². The third kappa shape index (κ3) is 1.71. The topological polar surface area (TPSA) is 38.8 Å². The Balaban J connectivity index is 2.35. The van der Waals surface area contributed by atoms with E-state index in [2.05, 4.69) is 35.1 Å². The highest BCUT2D eigenvalue weighted by atomic mass is 32.1. The summed E-state index contributed by atoms with van der Waals surface area (Å²) in [6.45, 7) is 2.08. The molecule has 0 aromatic heterocycles. The van der Waals surface area contributed by atoms with Crippen molar-refractivity contribution < 1.29 is 0 Å². The van der Waals surface area contributed by atoms with Crippen molar-refractivity contribution >= 4 is 23.6 Å². The Kier molecular flexibility index (Phi) is 2.10. The van der Waals surface area contributed by atoms with Crippen LogP contribution in [-0.2, 0) is 0 Å². The maximum atomic E-state index is 3.94. The molecule has 3 nitrogen and oxygen atoms in total. The van der Waals surface area contributed by atoms with Gasteiger partial charge in [0.05, 0.1) is 0 Å². The van der Waals surface area contributed by atoms with Crippen molar-refractivity contribution in [2.75, 3.05) is 0 Å². The van der Waals surface area contributed by atoms with Gasteiger partial charge in [-0.25, -0.2) is 5.32 Å². The monoisotopic (exact) mass is 142 g/mol. The first-order chi connectivity index (χ1) is 4.33. The Morgan fingerprint density at radius 2 is 2.22 bits per heavy atom. The SMILES string of the molecule is CCCC1=NN=C(S)[N]1. The third-order valence-corrected chi connectivity index (χ3v) is 1.15. The summed E-state index contributed by atoms with van der Waals surface area (Å²) in [5.41, 5.74) is 0. The number of amidine groups is 2. The average Bonchev–Trinajstić information content (AvgIpc) is 2.17. The van der Waals surface area contributed by atoms with Crippen LogP contribution in [-0.4, -0.2) is 11.0 Å². The largest absolute Gasteiger partial charge is 0.207 e. The molecule has 0 fully saturated rings. The fourth-order valence-electron chi connectivity index (χ4n) is 0.592. The van der Waals surface area contributed by atoms with Gasteiger partial charge in [0.15, 0.2) is 5.84 Å². The van der Waals surface area contributed by atoms with Gasteiger partial charge in [0.1, 0.15) is 0 Å². The third-order valence-electron chi connectivity index (χ3n) is 0.958. The molecule has 0 amide bonds. The standard InChI is InChI=1S/C5H8N3S/c1-2-3-4-6-5(9)8-7-4/h2-3H2,1H3,(H,8,9). The van der Waals surface area contributed by atoms with Crippen molar-refractivity contribution in [1.82, 2.24) is 5.32 Å². The van der Waals surface area contributed by atoms with Gasteiger partial charge in [0.2, 0.25) is 5.17 Å². The molecule has 1 rings (SSSR count). The van der Waals surface area contributed by atoms with Crippen LogP contribution < -0.4 is 5.32 Å². The molecule has 9 heavy (non-hydrogen) atoms. The fourth-order valence-corrected chi connectivity index (χ4v) is 0.752. The maximum absolute atomic E-state index is 3.94. The number of hydrogen-bond donors (Lipinski definition) is 1. The van der Waals surface area contributed by atoms with Crippen molar-refractivity contribution in [3.05, 3.63) is 0 Å². The molecule has 1 aliphatic rings. The lowest BCUT2D eigenvalue weighted by Gasteiger charge is -1.91. The summed E-state index contributed by atoms with van der Waals surface area (Å²) in [5.74, 6) is 0.794. The molecule has 0 spiro atoms. The van der Waals surface area contributed by atoms with Gasteiger partial charge in [-0.2, -0.15) is 0 Å². The van der Waals surface area contributed by atoms with Gasteiger partial charge < -0.3 is 0 Å². The van der Waals surface area contributed by atoms with E-state index in [4.69, 9.17) is 0 Å². The van der Waals surface area contributed by atoms with E-state index in [1.165, 1.54) is 0 Å². The summed E-state index contributed by atoms with van der Waals surface area (Å²) in [4.78, 5) is 0. The maximum Gasteiger partial charge on any atom is 0.207 e. The lowest BCUT2D eigenvalue weighted by molar-refractivity contribution is 0.968. The molecule has 0 N–H and O–H groups in total. The molecule has 0 unspecified atom stereocenters. The van der Waals surface area contributed by atoms with Gasteiger partial charge >= 0.3 is 0 Å². The van der Waals surface area contributed by atoms with Crippen LogP contribution in [0.4, 0.5) is 0 Å². The highest BCUT2D eigenvalue weighted by Gasteiger charge is 2.07. The minimum atomic E-state index is 0.471. The van der Waals surface area contributed by atoms with Crippen LogP contribution in [0.3, 0.4) is 0 Å². The Morgan fingerprint density at radius 3 is 2.67 bits per heavy atom. The smallest absolute Gasteiger partial charge is 0.204 e. The molecule has 0 saturated carbocycles. The van der Waals surface area contributed by atoms with E-state index in [9.17, 15) is 0 Å². The Hall–Kier alpha value is -0.510. The van der Waals surface area contributed by atoms with E-state index in [-0.39, 0.29) is 0 Å². The minimum absolute atomic E-state index is 0.471. The average molecular weight is 142 g/mol. The lowest BCUT2D eigenvalue weighted by atomic mass is 10.3. The van der Waals surface area contributed by atoms with Gasteiger partial charge in [-0.15, -0.1) is 22.8 Å². The van der Waals surface area contributed by atoms with Crippen molar-refractivity contribution in [2.24, 2.45) is 10.2 Å². The van der Waals surface area contributed by atoms with Crippen LogP contribution in [0.1, 0.15) is 19.8 Å². The summed E-state index contributed by atoms with van der Waals surface area (Å²) >= 11 is 3.91. The predicted molar refractivity (Wildman–Crippen MR) is 40.9 cm³/mol. The van der Waals surface area contributed by atoms with Gasteiger partial charge in [0.25, 0.3) is 0 Å². The zero-order valence-electron chi connectivity index (χ0n) is 5.20. The summed E-state index contributed by atoms with van der Waals surface area (Å²) in [6, 6.07) is 0. The van der Waals surface area contributed by atoms with E-state index in [1.54, 1.807) is 0 Å². The minimum Gasteiger partial charge on any atom is -0.204 e. The quantitative estimate of drug-likeness (QED) is 0.559. The molecule has 1 radical (unpaired) electrons. The molecular weight excluding hydrogens is 134 g/mol. The highest BCUT2D eigenvalue weighted by molar-refractivity contribution is 7.96. The highest BCUT2D eigenvalue weighted by Crippen LogP contribution is 2.00. The van der Waals surface area contributed by atoms with E-state index in [1.807, 2.05) is 0 Å². The summed E-state index contributed by atoms with van der Waals surface area (Å²) in [5, 5.41) is 11.8. The first-order valence-electron chi connectivity index (χ1n) is 2.88.